The summed E-state index contributed by atoms with van der Waals surface area (Å²) < 4.78 is 10.6. The van der Waals surface area contributed by atoms with Gasteiger partial charge in [0, 0.05) is 25.4 Å². The molecule has 1 aromatic rings. The average molecular weight is 351 g/mol. The normalized spacial score (nSPS) is 23.3. The third kappa shape index (κ3) is 5.17. The molecule has 1 saturated heterocycles. The van der Waals surface area contributed by atoms with Gasteiger partial charge in [0.2, 0.25) is 5.91 Å². The Bertz CT molecular complexity index is 577. The van der Waals surface area contributed by atoms with Gasteiger partial charge in [-0.25, -0.2) is 0 Å². The zero-order valence-electron chi connectivity index (χ0n) is 15.3. The molecule has 0 aliphatic carbocycles. The smallest absolute Gasteiger partial charge is 0.222 e. The van der Waals surface area contributed by atoms with Crippen LogP contribution in [0.2, 0.25) is 0 Å². The van der Waals surface area contributed by atoms with Crippen molar-refractivity contribution in [2.24, 2.45) is 5.92 Å². The van der Waals surface area contributed by atoms with Crippen LogP contribution in [0.15, 0.2) is 18.2 Å². The van der Waals surface area contributed by atoms with E-state index in [-0.39, 0.29) is 18.4 Å². The van der Waals surface area contributed by atoms with Crippen molar-refractivity contribution in [1.82, 2.24) is 4.90 Å². The minimum Gasteiger partial charge on any atom is -0.496 e. The minimum atomic E-state index is -0.882. The third-order valence-corrected chi connectivity index (χ3v) is 4.79. The first-order chi connectivity index (χ1) is 12.0. The van der Waals surface area contributed by atoms with Crippen LogP contribution in [0.1, 0.15) is 24.5 Å². The molecule has 1 amide bonds. The first-order valence-corrected chi connectivity index (χ1v) is 8.81. The quantitative estimate of drug-likeness (QED) is 0.770. The van der Waals surface area contributed by atoms with Gasteiger partial charge in [0.25, 0.3) is 0 Å². The fourth-order valence-corrected chi connectivity index (χ4v) is 3.13. The Labute approximate surface area is 149 Å². The molecule has 6 nitrogen and oxygen atoms in total. The van der Waals surface area contributed by atoms with E-state index in [1.807, 2.05) is 32.0 Å². The molecule has 1 fully saturated rings. The van der Waals surface area contributed by atoms with E-state index < -0.39 is 12.2 Å². The molecule has 1 heterocycles. The number of carbonyl (C=O) groups excluding carboxylic acids is 1. The van der Waals surface area contributed by atoms with E-state index in [1.54, 1.807) is 12.0 Å². The van der Waals surface area contributed by atoms with E-state index in [2.05, 4.69) is 0 Å². The summed E-state index contributed by atoms with van der Waals surface area (Å²) in [5, 5.41) is 19.8. The molecule has 0 aromatic heterocycles. The maximum absolute atomic E-state index is 12.5. The molecule has 0 spiro atoms. The van der Waals surface area contributed by atoms with Gasteiger partial charge < -0.3 is 24.6 Å². The Morgan fingerprint density at radius 1 is 1.36 bits per heavy atom. The number of hydrogen-bond acceptors (Lipinski definition) is 5. The van der Waals surface area contributed by atoms with Crippen LogP contribution in [0.25, 0.3) is 0 Å². The number of rotatable bonds is 7. The monoisotopic (exact) mass is 351 g/mol. The van der Waals surface area contributed by atoms with Gasteiger partial charge in [0.15, 0.2) is 0 Å². The molecule has 0 radical (unpaired) electrons. The lowest BCUT2D eigenvalue weighted by Gasteiger charge is -2.35. The Balaban J connectivity index is 1.91. The molecule has 2 rings (SSSR count). The topological polar surface area (TPSA) is 79.2 Å². The van der Waals surface area contributed by atoms with Crippen LogP contribution in [-0.4, -0.2) is 66.6 Å². The minimum absolute atomic E-state index is 0.0364. The molecule has 0 unspecified atom stereocenters. The lowest BCUT2D eigenvalue weighted by molar-refractivity contribution is -0.141. The number of aryl methyl sites for hydroxylation is 2. The second kappa shape index (κ2) is 9.17. The predicted octanol–water partition coefficient (Wildman–Crippen LogP) is 1.15. The highest BCUT2D eigenvalue weighted by Gasteiger charge is 2.33. The van der Waals surface area contributed by atoms with E-state index in [0.29, 0.717) is 32.5 Å². The van der Waals surface area contributed by atoms with E-state index >= 15 is 0 Å². The number of aliphatic hydroxyl groups excluding tert-OH is 2. The zero-order valence-corrected chi connectivity index (χ0v) is 15.3. The molecule has 0 saturated carbocycles. The second-order valence-corrected chi connectivity index (χ2v) is 6.59. The number of carbonyl (C=O) groups is 1. The van der Waals surface area contributed by atoms with Gasteiger partial charge in [-0.05, 0) is 37.5 Å². The second-order valence-electron chi connectivity index (χ2n) is 6.59. The fourth-order valence-electron chi connectivity index (χ4n) is 3.13. The van der Waals surface area contributed by atoms with E-state index in [4.69, 9.17) is 9.47 Å². The SMILES string of the molecule is CCN(C[C@@H]1COC[C@@H](O)[C@H]1O)C(=O)CCc1ccc(C)c(OC)c1. The van der Waals surface area contributed by atoms with Crippen molar-refractivity contribution in [2.75, 3.05) is 33.4 Å². The van der Waals surface area contributed by atoms with E-state index in [1.165, 1.54) is 0 Å². The highest BCUT2D eigenvalue weighted by Crippen LogP contribution is 2.21. The highest BCUT2D eigenvalue weighted by molar-refractivity contribution is 5.76. The van der Waals surface area contributed by atoms with Crippen LogP contribution in [0, 0.1) is 12.8 Å². The van der Waals surface area contributed by atoms with Crippen molar-refractivity contribution < 1.29 is 24.5 Å². The first-order valence-electron chi connectivity index (χ1n) is 8.81. The summed E-state index contributed by atoms with van der Waals surface area (Å²) in [6, 6.07) is 5.97. The number of benzene rings is 1. The number of hydrogen-bond donors (Lipinski definition) is 2. The highest BCUT2D eigenvalue weighted by atomic mass is 16.5. The van der Waals surface area contributed by atoms with Crippen LogP contribution in [0.3, 0.4) is 0 Å². The molecular weight excluding hydrogens is 322 g/mol. The van der Waals surface area contributed by atoms with E-state index in [0.717, 1.165) is 16.9 Å². The summed E-state index contributed by atoms with van der Waals surface area (Å²) >= 11 is 0. The summed E-state index contributed by atoms with van der Waals surface area (Å²) in [5.41, 5.74) is 2.13. The molecule has 140 valence electrons. The Hall–Kier alpha value is -1.63. The Morgan fingerprint density at radius 2 is 2.12 bits per heavy atom. The molecule has 1 aliphatic heterocycles. The van der Waals surface area contributed by atoms with Gasteiger partial charge in [-0.1, -0.05) is 12.1 Å². The molecule has 1 aliphatic rings. The van der Waals surface area contributed by atoms with Crippen molar-refractivity contribution in [3.63, 3.8) is 0 Å². The Morgan fingerprint density at radius 3 is 2.80 bits per heavy atom. The lowest BCUT2D eigenvalue weighted by Crippen LogP contribution is -2.49. The van der Waals surface area contributed by atoms with Crippen molar-refractivity contribution in [3.8, 4) is 5.75 Å². The molecule has 1 aromatic carbocycles. The van der Waals surface area contributed by atoms with Gasteiger partial charge in [-0.3, -0.25) is 4.79 Å². The number of ether oxygens (including phenoxy) is 2. The van der Waals surface area contributed by atoms with Crippen molar-refractivity contribution in [1.29, 1.82) is 0 Å². The molecule has 2 N–H and O–H groups in total. The van der Waals surface area contributed by atoms with Crippen LogP contribution in [0.4, 0.5) is 0 Å². The van der Waals surface area contributed by atoms with Crippen LogP contribution in [0.5, 0.6) is 5.75 Å². The number of methoxy groups -OCH3 is 1. The summed E-state index contributed by atoms with van der Waals surface area (Å²) in [6.45, 7) is 5.36. The largest absolute Gasteiger partial charge is 0.496 e. The molecular formula is C19H29NO5. The zero-order chi connectivity index (χ0) is 18.4. The number of amides is 1. The van der Waals surface area contributed by atoms with Crippen LogP contribution in [-0.2, 0) is 16.0 Å². The summed E-state index contributed by atoms with van der Waals surface area (Å²) in [7, 11) is 1.64. The fraction of sp³-hybridized carbons (Fsp3) is 0.632. The molecule has 25 heavy (non-hydrogen) atoms. The van der Waals surface area contributed by atoms with E-state index in [9.17, 15) is 15.0 Å². The Kier molecular flexibility index (Phi) is 7.23. The third-order valence-electron chi connectivity index (χ3n) is 4.79. The van der Waals surface area contributed by atoms with Gasteiger partial charge in [-0.2, -0.15) is 0 Å². The maximum Gasteiger partial charge on any atom is 0.222 e. The number of aliphatic hydroxyl groups is 2. The van der Waals surface area contributed by atoms with Gasteiger partial charge in [-0.15, -0.1) is 0 Å². The molecule has 3 atom stereocenters. The number of nitrogens with zero attached hydrogens (tertiary/aromatic N) is 1. The molecule has 0 bridgehead atoms. The predicted molar refractivity (Wildman–Crippen MR) is 94.6 cm³/mol. The van der Waals surface area contributed by atoms with Crippen LogP contribution >= 0.6 is 0 Å². The van der Waals surface area contributed by atoms with Crippen molar-refractivity contribution in [3.05, 3.63) is 29.3 Å². The molecule has 6 heteroatoms. The first kappa shape index (κ1) is 19.7. The van der Waals surface area contributed by atoms with Crippen molar-refractivity contribution >= 4 is 5.91 Å². The van der Waals surface area contributed by atoms with Gasteiger partial charge >= 0.3 is 0 Å². The summed E-state index contributed by atoms with van der Waals surface area (Å²) in [6.07, 6.45) is -0.700. The lowest BCUT2D eigenvalue weighted by atomic mass is 9.95. The summed E-state index contributed by atoms with van der Waals surface area (Å²) in [5.74, 6) is 0.607. The van der Waals surface area contributed by atoms with Crippen molar-refractivity contribution in [2.45, 2.75) is 38.9 Å². The average Bonchev–Trinajstić information content (AvgIpc) is 2.62. The van der Waals surface area contributed by atoms with Crippen LogP contribution < -0.4 is 4.74 Å². The van der Waals surface area contributed by atoms with Gasteiger partial charge in [0.1, 0.15) is 11.9 Å². The summed E-state index contributed by atoms with van der Waals surface area (Å²) in [4.78, 5) is 14.3. The van der Waals surface area contributed by atoms with Gasteiger partial charge in [0.05, 0.1) is 26.4 Å². The standard InChI is InChI=1S/C19H29NO5/c1-4-20(10-15-11-25-12-16(21)19(15)23)18(22)8-7-14-6-5-13(2)17(9-14)24-3/h5-6,9,15-16,19,21,23H,4,7-8,10-12H2,1-3H3/t15-,16-,19+/m1/s1. The maximum atomic E-state index is 12.5.